The number of amides is 5. The van der Waals surface area contributed by atoms with E-state index in [1.54, 1.807) is 39.8 Å². The second-order valence-corrected chi connectivity index (χ2v) is 16.3. The second-order valence-electron chi connectivity index (χ2n) is 16.3. The number of nitrogens with zero attached hydrogens (tertiary/aromatic N) is 5. The van der Waals surface area contributed by atoms with E-state index in [4.69, 9.17) is 10.3 Å². The van der Waals surface area contributed by atoms with Crippen molar-refractivity contribution in [2.75, 3.05) is 18.4 Å². The van der Waals surface area contributed by atoms with E-state index in [9.17, 15) is 44.1 Å². The van der Waals surface area contributed by atoms with E-state index in [0.717, 1.165) is 10.5 Å². The Balaban J connectivity index is 1.60. The molecular weight excluding hydrogens is 742 g/mol. The number of ether oxygens (including phenoxy) is 1. The standard InChI is InChI=1S/C38H55N9O10/c1-18(2)28-36(55)57-30(19(3)4)35(54)46-14-12-22(49)16-26(46)32(51)41-25(9-7-8-13-40-45-39)31(50)44-29(21(6)48)34(53)47-27(33(52)43-28)17-38(56)23-15-20(5)10-11-24(23)42-37(38)47/h10-11,15,18-19,21-22,25-30,37,42,48-49,56H,7-9,12-14,16-17H2,1-6H3,(H,41,51)(H,43,52)(H,44,50)/t21-,22-,25-,26+,27-,28+,29+,30-,37-,38+/m0/s1. The minimum absolute atomic E-state index is 0.0153. The number of carbonyl (C=O) groups excluding carboxylic acids is 6. The molecule has 19 heteroatoms. The van der Waals surface area contributed by atoms with Crippen LogP contribution in [0.15, 0.2) is 23.3 Å². The fraction of sp³-hybridized carbons (Fsp3) is 0.684. The van der Waals surface area contributed by atoms with Gasteiger partial charge in [0.15, 0.2) is 6.10 Å². The van der Waals surface area contributed by atoms with Gasteiger partial charge in [-0.25, -0.2) is 4.79 Å². The summed E-state index contributed by atoms with van der Waals surface area (Å²) in [5, 5.41) is 48.6. The molecule has 0 radical (unpaired) electrons. The molecule has 57 heavy (non-hydrogen) atoms. The van der Waals surface area contributed by atoms with Crippen molar-refractivity contribution >= 4 is 41.2 Å². The number of aryl methyl sites for hydroxylation is 1. The number of hydrogen-bond donors (Lipinski definition) is 7. The Morgan fingerprint density at radius 3 is 2.26 bits per heavy atom. The van der Waals surface area contributed by atoms with Crippen LogP contribution in [-0.2, 0) is 39.1 Å². The molecule has 4 aliphatic rings. The van der Waals surface area contributed by atoms with Crippen LogP contribution in [0.3, 0.4) is 0 Å². The molecule has 5 amide bonds. The van der Waals surface area contributed by atoms with E-state index in [1.165, 1.54) is 11.8 Å². The van der Waals surface area contributed by atoms with Gasteiger partial charge in [-0.3, -0.25) is 24.0 Å². The highest BCUT2D eigenvalue weighted by molar-refractivity contribution is 5.98. The van der Waals surface area contributed by atoms with Crippen LogP contribution >= 0.6 is 0 Å². The molecule has 0 unspecified atom stereocenters. The maximum Gasteiger partial charge on any atom is 0.329 e. The molecule has 0 aliphatic carbocycles. The average Bonchev–Trinajstić information content (AvgIpc) is 3.60. The van der Waals surface area contributed by atoms with Gasteiger partial charge in [-0.1, -0.05) is 56.9 Å². The number of aliphatic hydroxyl groups is 3. The Morgan fingerprint density at radius 2 is 1.61 bits per heavy atom. The van der Waals surface area contributed by atoms with Gasteiger partial charge in [-0.05, 0) is 56.5 Å². The Morgan fingerprint density at radius 1 is 0.930 bits per heavy atom. The number of rotatable bonds is 8. The van der Waals surface area contributed by atoms with Crippen molar-refractivity contribution in [1.29, 1.82) is 0 Å². The summed E-state index contributed by atoms with van der Waals surface area (Å²) in [6.07, 6.45) is -4.95. The van der Waals surface area contributed by atoms with Gasteiger partial charge in [0.2, 0.25) is 23.6 Å². The number of cyclic esters (lactones) is 1. The molecule has 0 bridgehead atoms. The van der Waals surface area contributed by atoms with Gasteiger partial charge in [0.1, 0.15) is 42.0 Å². The summed E-state index contributed by atoms with van der Waals surface area (Å²) in [7, 11) is 0. The lowest BCUT2D eigenvalue weighted by Gasteiger charge is -2.40. The molecule has 3 saturated heterocycles. The summed E-state index contributed by atoms with van der Waals surface area (Å²) >= 11 is 0. The van der Waals surface area contributed by atoms with Crippen LogP contribution in [0.4, 0.5) is 5.69 Å². The zero-order valence-corrected chi connectivity index (χ0v) is 33.2. The van der Waals surface area contributed by atoms with Gasteiger partial charge in [0, 0.05) is 42.1 Å². The molecule has 1 aromatic carbocycles. The minimum Gasteiger partial charge on any atom is -0.450 e. The van der Waals surface area contributed by atoms with Crippen molar-refractivity contribution in [3.63, 3.8) is 0 Å². The van der Waals surface area contributed by atoms with Gasteiger partial charge in [-0.15, -0.1) is 0 Å². The van der Waals surface area contributed by atoms with E-state index in [0.29, 0.717) is 17.7 Å². The average molecular weight is 798 g/mol. The van der Waals surface area contributed by atoms with Crippen LogP contribution in [0.5, 0.6) is 0 Å². The Hall–Kier alpha value is -4.97. The van der Waals surface area contributed by atoms with Crippen LogP contribution in [-0.4, -0.2) is 128 Å². The number of nitrogens with one attached hydrogen (secondary N) is 4. The quantitative estimate of drug-likeness (QED) is 0.0623. The first-order valence-corrected chi connectivity index (χ1v) is 19.6. The maximum absolute atomic E-state index is 14.7. The molecule has 3 fully saturated rings. The fourth-order valence-electron chi connectivity index (χ4n) is 8.11. The molecule has 0 aromatic heterocycles. The van der Waals surface area contributed by atoms with Crippen molar-refractivity contribution in [3.05, 3.63) is 39.8 Å². The van der Waals surface area contributed by atoms with Crippen molar-refractivity contribution in [2.45, 2.75) is 140 Å². The minimum atomic E-state index is -1.81. The number of benzene rings is 1. The first-order chi connectivity index (χ1) is 26.9. The summed E-state index contributed by atoms with van der Waals surface area (Å²) in [4.78, 5) is 90.6. The van der Waals surface area contributed by atoms with Gasteiger partial charge < -0.3 is 51.1 Å². The predicted molar refractivity (Wildman–Crippen MR) is 203 cm³/mol. The van der Waals surface area contributed by atoms with Crippen molar-refractivity contribution in [3.8, 4) is 0 Å². The monoisotopic (exact) mass is 797 g/mol. The molecule has 4 heterocycles. The van der Waals surface area contributed by atoms with Crippen molar-refractivity contribution < 1.29 is 48.8 Å². The molecule has 7 N–H and O–H groups in total. The number of hydrogen-bond acceptors (Lipinski definition) is 12. The van der Waals surface area contributed by atoms with Crippen molar-refractivity contribution in [2.24, 2.45) is 17.0 Å². The highest BCUT2D eigenvalue weighted by atomic mass is 16.6. The highest BCUT2D eigenvalue weighted by Gasteiger charge is 2.61. The van der Waals surface area contributed by atoms with Crippen LogP contribution in [0, 0.1) is 18.8 Å². The largest absolute Gasteiger partial charge is 0.450 e. The summed E-state index contributed by atoms with van der Waals surface area (Å²) < 4.78 is 5.85. The molecule has 0 spiro atoms. The number of azide groups is 1. The van der Waals surface area contributed by atoms with Gasteiger partial charge in [0.25, 0.3) is 5.91 Å². The maximum atomic E-state index is 14.7. The molecule has 10 atom stereocenters. The summed E-state index contributed by atoms with van der Waals surface area (Å²) in [6, 6.07) is -1.80. The molecule has 19 nitrogen and oxygen atoms in total. The number of piperidine rings is 1. The SMILES string of the molecule is Cc1ccc2c(c1)[C@]1(O)C[C@H]3C(=O)N[C@H](C(C)C)C(=O)O[C@@H](C(C)C)C(=O)N4CC[C@H](O)C[C@@H]4C(=O)N[C@@H](CCCCN=[N+]=[N-])C(=O)N[C@H]([C@H](C)O)C(=O)N3[C@@H]1N2. The molecule has 0 saturated carbocycles. The summed E-state index contributed by atoms with van der Waals surface area (Å²) in [5.74, 6) is -6.22. The lowest BCUT2D eigenvalue weighted by molar-refractivity contribution is -0.170. The third-order valence-electron chi connectivity index (χ3n) is 11.3. The van der Waals surface area contributed by atoms with E-state index in [2.05, 4.69) is 31.3 Å². The lowest BCUT2D eigenvalue weighted by Crippen LogP contribution is -2.64. The highest BCUT2D eigenvalue weighted by Crippen LogP contribution is 2.50. The van der Waals surface area contributed by atoms with Crippen LogP contribution in [0.25, 0.3) is 10.4 Å². The normalized spacial score (nSPS) is 31.7. The van der Waals surface area contributed by atoms with Crippen LogP contribution in [0.1, 0.15) is 84.3 Å². The number of aliphatic hydroxyl groups excluding tert-OH is 2. The molecule has 1 aromatic rings. The fourth-order valence-corrected chi connectivity index (χ4v) is 8.11. The Bertz CT molecular complexity index is 1780. The Labute approximate surface area is 330 Å². The van der Waals surface area contributed by atoms with E-state index >= 15 is 0 Å². The summed E-state index contributed by atoms with van der Waals surface area (Å²) in [5.41, 5.74) is 8.64. The van der Waals surface area contributed by atoms with Crippen LogP contribution < -0.4 is 21.3 Å². The number of unbranched alkanes of at least 4 members (excludes halogenated alkanes) is 1. The number of esters is 1. The summed E-state index contributed by atoms with van der Waals surface area (Å²) in [6.45, 7) is 9.75. The second kappa shape index (κ2) is 17.7. The van der Waals surface area contributed by atoms with E-state index < -0.39 is 108 Å². The Kier molecular flexibility index (Phi) is 13.4. The van der Waals surface area contributed by atoms with Crippen molar-refractivity contribution in [1.82, 2.24) is 25.8 Å². The third kappa shape index (κ3) is 8.96. The third-order valence-corrected chi connectivity index (χ3v) is 11.3. The first-order valence-electron chi connectivity index (χ1n) is 19.6. The zero-order valence-electron chi connectivity index (χ0n) is 33.2. The molecular formula is C38H55N9O10. The topological polar surface area (TPSA) is 276 Å². The number of fused-ring (bicyclic) bond motifs is 6. The predicted octanol–water partition coefficient (Wildman–Crippen LogP) is 0.440. The first kappa shape index (κ1) is 43.2. The van der Waals surface area contributed by atoms with E-state index in [1.807, 2.05) is 13.0 Å². The zero-order chi connectivity index (χ0) is 41.9. The van der Waals surface area contributed by atoms with Gasteiger partial charge in [-0.2, -0.15) is 0 Å². The molecule has 5 rings (SSSR count). The number of anilines is 1. The van der Waals surface area contributed by atoms with E-state index in [-0.39, 0.29) is 45.2 Å². The number of carbonyl (C=O) groups is 6. The van der Waals surface area contributed by atoms with Gasteiger partial charge >= 0.3 is 5.97 Å². The lowest BCUT2D eigenvalue weighted by atomic mass is 9.90. The smallest absolute Gasteiger partial charge is 0.329 e. The molecule has 312 valence electrons. The van der Waals surface area contributed by atoms with Crippen LogP contribution in [0.2, 0.25) is 0 Å². The van der Waals surface area contributed by atoms with Gasteiger partial charge in [0.05, 0.1) is 12.2 Å². The molecule has 4 aliphatic heterocycles.